The van der Waals surface area contributed by atoms with Gasteiger partial charge < -0.3 is 9.73 Å². The normalized spacial score (nSPS) is 15.7. The Morgan fingerprint density at radius 2 is 2.14 bits per heavy atom. The van der Waals surface area contributed by atoms with Crippen molar-refractivity contribution in [2.45, 2.75) is 17.4 Å². The third-order valence-electron chi connectivity index (χ3n) is 3.18. The Balaban J connectivity index is 1.67. The highest BCUT2D eigenvalue weighted by atomic mass is 32.2. The van der Waals surface area contributed by atoms with E-state index in [0.29, 0.717) is 24.2 Å². The number of nitrogens with zero attached hydrogens (tertiary/aromatic N) is 3. The topological polar surface area (TPSA) is 88.3 Å². The summed E-state index contributed by atoms with van der Waals surface area (Å²) < 4.78 is 5.55. The lowest BCUT2D eigenvalue weighted by molar-refractivity contribution is -0.126. The zero-order chi connectivity index (χ0) is 15.5. The fraction of sp³-hybridized carbons (Fsp3) is 0.286. The van der Waals surface area contributed by atoms with Gasteiger partial charge in [0.1, 0.15) is 0 Å². The number of benzene rings is 1. The zero-order valence-corrected chi connectivity index (χ0v) is 12.7. The second kappa shape index (κ2) is 6.18. The van der Waals surface area contributed by atoms with Crippen LogP contribution in [0.15, 0.2) is 40.0 Å². The summed E-state index contributed by atoms with van der Waals surface area (Å²) in [7, 11) is 0. The lowest BCUT2D eigenvalue weighted by atomic mass is 10.2. The van der Waals surface area contributed by atoms with Crippen molar-refractivity contribution in [2.75, 3.05) is 13.1 Å². The first-order chi connectivity index (χ1) is 10.6. The van der Waals surface area contributed by atoms with Crippen LogP contribution < -0.4 is 5.32 Å². The fourth-order valence-electron chi connectivity index (χ4n) is 2.06. The molecule has 8 heteroatoms. The van der Waals surface area contributed by atoms with E-state index < -0.39 is 5.25 Å². The molecular weight excluding hydrogens is 304 g/mol. The Kier molecular flexibility index (Phi) is 4.10. The van der Waals surface area contributed by atoms with Crippen LogP contribution in [0.2, 0.25) is 0 Å². The molecule has 0 bridgehead atoms. The third-order valence-corrected chi connectivity index (χ3v) is 4.10. The SMILES string of the molecule is C[C@@H](Sc1nnc(-c2ccccc2)o1)C(=O)N1CCNC1=O. The molecule has 0 radical (unpaired) electrons. The van der Waals surface area contributed by atoms with E-state index in [1.54, 1.807) is 6.92 Å². The largest absolute Gasteiger partial charge is 0.411 e. The van der Waals surface area contributed by atoms with Crippen molar-refractivity contribution in [2.24, 2.45) is 0 Å². The number of carbonyl (C=O) groups is 2. The molecule has 1 aromatic heterocycles. The molecule has 1 atom stereocenters. The lowest BCUT2D eigenvalue weighted by Gasteiger charge is -2.15. The highest BCUT2D eigenvalue weighted by Crippen LogP contribution is 2.27. The molecule has 1 fully saturated rings. The smallest absolute Gasteiger partial charge is 0.324 e. The Morgan fingerprint density at radius 3 is 2.82 bits per heavy atom. The van der Waals surface area contributed by atoms with Crippen LogP contribution in [0.4, 0.5) is 4.79 Å². The van der Waals surface area contributed by atoms with Crippen molar-refractivity contribution in [1.82, 2.24) is 20.4 Å². The van der Waals surface area contributed by atoms with E-state index in [0.717, 1.165) is 17.3 Å². The first kappa shape index (κ1) is 14.6. The summed E-state index contributed by atoms with van der Waals surface area (Å²) in [4.78, 5) is 24.9. The van der Waals surface area contributed by atoms with Crippen molar-refractivity contribution in [3.8, 4) is 11.5 Å². The molecule has 7 nitrogen and oxygen atoms in total. The first-order valence-electron chi connectivity index (χ1n) is 6.80. The van der Waals surface area contributed by atoms with Crippen LogP contribution in [0.3, 0.4) is 0 Å². The maximum Gasteiger partial charge on any atom is 0.324 e. The van der Waals surface area contributed by atoms with Gasteiger partial charge in [0.2, 0.25) is 11.8 Å². The molecule has 0 spiro atoms. The number of carbonyl (C=O) groups excluding carboxylic acids is 2. The van der Waals surface area contributed by atoms with Gasteiger partial charge in [-0.1, -0.05) is 30.0 Å². The molecule has 0 unspecified atom stereocenters. The van der Waals surface area contributed by atoms with E-state index in [1.807, 2.05) is 30.3 Å². The number of nitrogens with one attached hydrogen (secondary N) is 1. The molecular formula is C14H14N4O3S. The average Bonchev–Trinajstić information content (AvgIpc) is 3.16. The predicted octanol–water partition coefficient (Wildman–Crippen LogP) is 1.77. The van der Waals surface area contributed by atoms with Crippen molar-refractivity contribution in [1.29, 1.82) is 0 Å². The van der Waals surface area contributed by atoms with Gasteiger partial charge in [-0.25, -0.2) is 4.79 Å². The van der Waals surface area contributed by atoms with Crippen molar-refractivity contribution < 1.29 is 14.0 Å². The molecule has 2 heterocycles. The first-order valence-corrected chi connectivity index (χ1v) is 7.68. The minimum atomic E-state index is -0.479. The van der Waals surface area contributed by atoms with Crippen molar-refractivity contribution in [3.63, 3.8) is 0 Å². The van der Waals surface area contributed by atoms with Crippen LogP contribution in [0, 0.1) is 0 Å². The van der Waals surface area contributed by atoms with Crippen LogP contribution in [0.5, 0.6) is 0 Å². The van der Waals surface area contributed by atoms with Gasteiger partial charge in [-0.15, -0.1) is 10.2 Å². The number of hydrogen-bond acceptors (Lipinski definition) is 6. The van der Waals surface area contributed by atoms with Crippen LogP contribution in [0.25, 0.3) is 11.5 Å². The molecule has 1 aliphatic heterocycles. The second-order valence-corrected chi connectivity index (χ2v) is 6.01. The van der Waals surface area contributed by atoms with Gasteiger partial charge in [-0.05, 0) is 19.1 Å². The van der Waals surface area contributed by atoms with Gasteiger partial charge in [0, 0.05) is 18.7 Å². The van der Waals surface area contributed by atoms with E-state index in [-0.39, 0.29) is 11.9 Å². The number of imide groups is 1. The van der Waals surface area contributed by atoms with Crippen LogP contribution in [-0.4, -0.2) is 45.4 Å². The highest BCUT2D eigenvalue weighted by Gasteiger charge is 2.31. The summed E-state index contributed by atoms with van der Waals surface area (Å²) in [5.74, 6) is 0.140. The Hall–Kier alpha value is -2.35. The van der Waals surface area contributed by atoms with Gasteiger partial charge in [0.05, 0.1) is 5.25 Å². The number of urea groups is 1. The summed E-state index contributed by atoms with van der Waals surface area (Å²) in [6, 6.07) is 9.04. The minimum Gasteiger partial charge on any atom is -0.411 e. The van der Waals surface area contributed by atoms with E-state index >= 15 is 0 Å². The molecule has 1 aromatic carbocycles. The lowest BCUT2D eigenvalue weighted by Crippen LogP contribution is -2.38. The van der Waals surface area contributed by atoms with Crippen LogP contribution in [0.1, 0.15) is 6.92 Å². The molecule has 2 aromatic rings. The van der Waals surface area contributed by atoms with Crippen molar-refractivity contribution >= 4 is 23.7 Å². The summed E-state index contributed by atoms with van der Waals surface area (Å²) in [5.41, 5.74) is 0.819. The Bertz CT molecular complexity index is 688. The summed E-state index contributed by atoms with van der Waals surface area (Å²) in [6.07, 6.45) is 0. The van der Waals surface area contributed by atoms with Gasteiger partial charge in [-0.3, -0.25) is 9.69 Å². The van der Waals surface area contributed by atoms with Gasteiger partial charge >= 0.3 is 6.03 Å². The van der Waals surface area contributed by atoms with Gasteiger partial charge in [-0.2, -0.15) is 0 Å². The standard InChI is InChI=1S/C14H14N4O3S/c1-9(12(19)18-8-7-15-13(18)20)22-14-17-16-11(21-14)10-5-3-2-4-6-10/h2-6,9H,7-8H2,1H3,(H,15,20)/t9-/m1/s1. The third kappa shape index (κ3) is 2.96. The summed E-state index contributed by atoms with van der Waals surface area (Å²) >= 11 is 1.14. The van der Waals surface area contributed by atoms with Crippen LogP contribution >= 0.6 is 11.8 Å². The van der Waals surface area contributed by atoms with Gasteiger partial charge in [0.15, 0.2) is 0 Å². The maximum absolute atomic E-state index is 12.2. The fourth-order valence-corrected chi connectivity index (χ4v) is 2.80. The molecule has 3 rings (SSSR count). The second-order valence-electron chi connectivity index (χ2n) is 4.72. The van der Waals surface area contributed by atoms with Crippen LogP contribution in [-0.2, 0) is 4.79 Å². The monoisotopic (exact) mass is 318 g/mol. The van der Waals surface area contributed by atoms with E-state index in [9.17, 15) is 9.59 Å². The Morgan fingerprint density at radius 1 is 1.36 bits per heavy atom. The number of rotatable bonds is 4. The molecule has 0 aliphatic carbocycles. The minimum absolute atomic E-state index is 0.264. The van der Waals surface area contributed by atoms with E-state index in [4.69, 9.17) is 4.42 Å². The predicted molar refractivity (Wildman–Crippen MR) is 80.2 cm³/mol. The van der Waals surface area contributed by atoms with E-state index in [2.05, 4.69) is 15.5 Å². The molecule has 0 saturated carbocycles. The number of thioether (sulfide) groups is 1. The Labute approximate surface area is 131 Å². The van der Waals surface area contributed by atoms with Gasteiger partial charge in [0.25, 0.3) is 5.22 Å². The average molecular weight is 318 g/mol. The number of aromatic nitrogens is 2. The maximum atomic E-state index is 12.2. The molecule has 1 N–H and O–H groups in total. The van der Waals surface area contributed by atoms with Crippen molar-refractivity contribution in [3.05, 3.63) is 30.3 Å². The van der Waals surface area contributed by atoms with E-state index in [1.165, 1.54) is 4.90 Å². The molecule has 1 saturated heterocycles. The summed E-state index contributed by atoms with van der Waals surface area (Å²) in [5, 5.41) is 10.3. The molecule has 3 amide bonds. The molecule has 114 valence electrons. The summed E-state index contributed by atoms with van der Waals surface area (Å²) in [6.45, 7) is 2.59. The highest BCUT2D eigenvalue weighted by molar-refractivity contribution is 8.00. The number of hydrogen-bond donors (Lipinski definition) is 1. The zero-order valence-electron chi connectivity index (χ0n) is 11.9. The quantitative estimate of drug-likeness (QED) is 0.864. The molecule has 1 aliphatic rings. The molecule has 22 heavy (non-hydrogen) atoms. The number of amides is 3.